The number of alkyl halides is 3. The van der Waals surface area contributed by atoms with E-state index in [1.54, 1.807) is 30.3 Å². The SMILES string of the molecule is O=C(Nc1cc(C(F)(F)F)ccc1OCc1ccccc1)c1ccc(F)c([N+](=O)[O-])c1. The molecule has 3 rings (SSSR count). The third-order valence-corrected chi connectivity index (χ3v) is 4.20. The van der Waals surface area contributed by atoms with Gasteiger partial charge in [-0.1, -0.05) is 30.3 Å². The van der Waals surface area contributed by atoms with E-state index in [1.165, 1.54) is 0 Å². The van der Waals surface area contributed by atoms with Crippen LogP contribution in [0, 0.1) is 15.9 Å². The van der Waals surface area contributed by atoms with Crippen molar-refractivity contribution in [1.82, 2.24) is 0 Å². The smallest absolute Gasteiger partial charge is 0.416 e. The molecule has 1 amide bonds. The van der Waals surface area contributed by atoms with Gasteiger partial charge in [0.1, 0.15) is 12.4 Å². The van der Waals surface area contributed by atoms with Crippen LogP contribution in [0.4, 0.5) is 28.9 Å². The molecular formula is C21H14F4N2O4. The maximum Gasteiger partial charge on any atom is 0.416 e. The Morgan fingerprint density at radius 2 is 1.74 bits per heavy atom. The van der Waals surface area contributed by atoms with Crippen LogP contribution >= 0.6 is 0 Å². The number of benzene rings is 3. The van der Waals surface area contributed by atoms with Gasteiger partial charge in [0.05, 0.1) is 16.2 Å². The molecule has 0 aliphatic carbocycles. The van der Waals surface area contributed by atoms with E-state index in [2.05, 4.69) is 5.32 Å². The molecule has 0 heterocycles. The summed E-state index contributed by atoms with van der Waals surface area (Å²) < 4.78 is 58.4. The van der Waals surface area contributed by atoms with Crippen molar-refractivity contribution in [1.29, 1.82) is 0 Å². The Balaban J connectivity index is 1.90. The lowest BCUT2D eigenvalue weighted by molar-refractivity contribution is -0.387. The van der Waals surface area contributed by atoms with Crippen LogP contribution in [0.3, 0.4) is 0 Å². The molecular weight excluding hydrogens is 420 g/mol. The molecule has 3 aromatic rings. The largest absolute Gasteiger partial charge is 0.487 e. The number of amides is 1. The van der Waals surface area contributed by atoms with E-state index in [4.69, 9.17) is 4.74 Å². The maximum absolute atomic E-state index is 13.5. The van der Waals surface area contributed by atoms with Gasteiger partial charge in [-0.15, -0.1) is 0 Å². The minimum absolute atomic E-state index is 0.0249. The first-order valence-electron chi connectivity index (χ1n) is 8.78. The number of carbonyl (C=O) groups is 1. The molecule has 1 N–H and O–H groups in total. The van der Waals surface area contributed by atoms with Gasteiger partial charge in [-0.2, -0.15) is 17.6 Å². The van der Waals surface area contributed by atoms with Crippen molar-refractivity contribution in [3.8, 4) is 5.75 Å². The van der Waals surface area contributed by atoms with Crippen molar-refractivity contribution in [3.05, 3.63) is 99.4 Å². The highest BCUT2D eigenvalue weighted by Gasteiger charge is 2.31. The molecule has 0 bridgehead atoms. The number of anilines is 1. The Kier molecular flexibility index (Phi) is 6.19. The van der Waals surface area contributed by atoms with Gasteiger partial charge in [-0.05, 0) is 35.9 Å². The Labute approximate surface area is 173 Å². The van der Waals surface area contributed by atoms with Gasteiger partial charge in [-0.25, -0.2) is 0 Å². The Bertz CT molecular complexity index is 1120. The molecule has 0 spiro atoms. The van der Waals surface area contributed by atoms with Crippen molar-refractivity contribution in [2.75, 3.05) is 5.32 Å². The summed E-state index contributed by atoms with van der Waals surface area (Å²) in [6, 6.07) is 13.8. The van der Waals surface area contributed by atoms with Crippen LogP contribution in [0.5, 0.6) is 5.75 Å². The quantitative estimate of drug-likeness (QED) is 0.312. The van der Waals surface area contributed by atoms with Gasteiger partial charge in [0.25, 0.3) is 5.91 Å². The third-order valence-electron chi connectivity index (χ3n) is 4.20. The molecule has 0 unspecified atom stereocenters. The Morgan fingerprint density at radius 3 is 2.39 bits per heavy atom. The molecule has 0 atom stereocenters. The molecule has 0 aliphatic heterocycles. The monoisotopic (exact) mass is 434 g/mol. The molecule has 0 fully saturated rings. The van der Waals surface area contributed by atoms with E-state index in [1.807, 2.05) is 0 Å². The van der Waals surface area contributed by atoms with Gasteiger partial charge >= 0.3 is 11.9 Å². The average Bonchev–Trinajstić information content (AvgIpc) is 2.73. The first-order chi connectivity index (χ1) is 14.6. The summed E-state index contributed by atoms with van der Waals surface area (Å²) in [6.07, 6.45) is -4.67. The second-order valence-electron chi connectivity index (χ2n) is 6.36. The highest BCUT2D eigenvalue weighted by atomic mass is 19.4. The van der Waals surface area contributed by atoms with Crippen molar-refractivity contribution in [3.63, 3.8) is 0 Å². The zero-order valence-electron chi connectivity index (χ0n) is 15.7. The van der Waals surface area contributed by atoms with Crippen LogP contribution in [0.2, 0.25) is 0 Å². The summed E-state index contributed by atoms with van der Waals surface area (Å²) in [6.45, 7) is 0.0249. The van der Waals surface area contributed by atoms with E-state index >= 15 is 0 Å². The van der Waals surface area contributed by atoms with Crippen LogP contribution in [-0.2, 0) is 12.8 Å². The van der Waals surface area contributed by atoms with Gasteiger partial charge < -0.3 is 10.1 Å². The number of ether oxygens (including phenoxy) is 1. The molecule has 3 aromatic carbocycles. The Morgan fingerprint density at radius 1 is 1.03 bits per heavy atom. The first-order valence-corrected chi connectivity index (χ1v) is 8.78. The fourth-order valence-corrected chi connectivity index (χ4v) is 2.65. The number of nitro groups is 1. The molecule has 10 heteroatoms. The number of hydrogen-bond donors (Lipinski definition) is 1. The number of hydrogen-bond acceptors (Lipinski definition) is 4. The number of rotatable bonds is 6. The maximum atomic E-state index is 13.5. The minimum Gasteiger partial charge on any atom is -0.487 e. The molecule has 0 saturated carbocycles. The van der Waals surface area contributed by atoms with Crippen LogP contribution < -0.4 is 10.1 Å². The van der Waals surface area contributed by atoms with Crippen molar-refractivity contribution in [2.24, 2.45) is 0 Å². The zero-order valence-corrected chi connectivity index (χ0v) is 15.7. The zero-order chi connectivity index (χ0) is 22.6. The summed E-state index contributed by atoms with van der Waals surface area (Å²) in [5.74, 6) is -2.15. The highest BCUT2D eigenvalue weighted by Crippen LogP contribution is 2.35. The standard InChI is InChI=1S/C21H14F4N2O4/c22-16-8-6-14(10-18(16)27(29)30)20(28)26-17-11-15(21(23,24)25)7-9-19(17)31-12-13-4-2-1-3-5-13/h1-11H,12H2,(H,26,28). The lowest BCUT2D eigenvalue weighted by Gasteiger charge is -2.15. The number of carbonyl (C=O) groups excluding carboxylic acids is 1. The molecule has 31 heavy (non-hydrogen) atoms. The lowest BCUT2D eigenvalue weighted by atomic mass is 10.1. The fraction of sp³-hybridized carbons (Fsp3) is 0.0952. The summed E-state index contributed by atoms with van der Waals surface area (Å²) in [7, 11) is 0. The molecule has 0 aromatic heterocycles. The van der Waals surface area contributed by atoms with Crippen LogP contribution in [0.15, 0.2) is 66.7 Å². The van der Waals surface area contributed by atoms with Crippen molar-refractivity contribution in [2.45, 2.75) is 12.8 Å². The normalized spacial score (nSPS) is 11.1. The minimum atomic E-state index is -4.67. The number of halogens is 4. The second kappa shape index (κ2) is 8.82. The summed E-state index contributed by atoms with van der Waals surface area (Å²) in [4.78, 5) is 22.4. The second-order valence-corrected chi connectivity index (χ2v) is 6.36. The summed E-state index contributed by atoms with van der Waals surface area (Å²) in [5, 5.41) is 13.1. The van der Waals surface area contributed by atoms with Crippen molar-refractivity contribution >= 4 is 17.3 Å². The average molecular weight is 434 g/mol. The molecule has 0 saturated heterocycles. The molecule has 160 valence electrons. The number of nitrogens with one attached hydrogen (secondary N) is 1. The van der Waals surface area contributed by atoms with Gasteiger partial charge in [-0.3, -0.25) is 14.9 Å². The van der Waals surface area contributed by atoms with Gasteiger partial charge in [0.2, 0.25) is 5.82 Å². The predicted molar refractivity (Wildman–Crippen MR) is 103 cm³/mol. The van der Waals surface area contributed by atoms with Crippen LogP contribution in [0.1, 0.15) is 21.5 Å². The van der Waals surface area contributed by atoms with E-state index in [0.717, 1.165) is 29.8 Å². The van der Waals surface area contributed by atoms with E-state index < -0.39 is 34.1 Å². The summed E-state index contributed by atoms with van der Waals surface area (Å²) in [5.41, 5.74) is -1.81. The fourth-order valence-electron chi connectivity index (χ4n) is 2.65. The van der Waals surface area contributed by atoms with E-state index in [9.17, 15) is 32.5 Å². The van der Waals surface area contributed by atoms with Crippen LogP contribution in [-0.4, -0.2) is 10.8 Å². The first kappa shape index (κ1) is 21.8. The van der Waals surface area contributed by atoms with E-state index in [-0.39, 0.29) is 23.6 Å². The molecule has 0 aliphatic rings. The van der Waals surface area contributed by atoms with Crippen LogP contribution in [0.25, 0.3) is 0 Å². The summed E-state index contributed by atoms with van der Waals surface area (Å²) >= 11 is 0. The van der Waals surface area contributed by atoms with Gasteiger partial charge in [0.15, 0.2) is 0 Å². The van der Waals surface area contributed by atoms with E-state index in [0.29, 0.717) is 12.1 Å². The van der Waals surface area contributed by atoms with Gasteiger partial charge in [0, 0.05) is 11.6 Å². The Hall–Kier alpha value is -3.95. The molecule has 0 radical (unpaired) electrons. The van der Waals surface area contributed by atoms with Crippen molar-refractivity contribution < 1.29 is 32.0 Å². The highest BCUT2D eigenvalue weighted by molar-refractivity contribution is 6.05. The topological polar surface area (TPSA) is 81.5 Å². The molecule has 6 nitrogen and oxygen atoms in total. The lowest BCUT2D eigenvalue weighted by Crippen LogP contribution is -2.15. The third kappa shape index (κ3) is 5.35. The predicted octanol–water partition coefficient (Wildman–Crippen LogP) is 5.58. The number of nitro benzene ring substituents is 1. The number of nitrogens with zero attached hydrogens (tertiary/aromatic N) is 1.